The first kappa shape index (κ1) is 15.6. The second kappa shape index (κ2) is 6.80. The van der Waals surface area contributed by atoms with Gasteiger partial charge in [0.15, 0.2) is 0 Å². The van der Waals surface area contributed by atoms with Gasteiger partial charge in [0.05, 0.1) is 17.5 Å². The van der Waals surface area contributed by atoms with Crippen LogP contribution in [0.3, 0.4) is 0 Å². The molecule has 21 heavy (non-hydrogen) atoms. The molecule has 1 aromatic carbocycles. The third-order valence-corrected chi connectivity index (χ3v) is 3.82. The highest BCUT2D eigenvalue weighted by Crippen LogP contribution is 2.24. The number of nitrogens with zero attached hydrogens (tertiary/aromatic N) is 2. The van der Waals surface area contributed by atoms with Gasteiger partial charge in [-0.2, -0.15) is 0 Å². The lowest BCUT2D eigenvalue weighted by atomic mass is 10.1. The van der Waals surface area contributed by atoms with Gasteiger partial charge in [-0.15, -0.1) is 0 Å². The Bertz CT molecular complexity index is 500. The summed E-state index contributed by atoms with van der Waals surface area (Å²) in [6.07, 6.45) is 2.17. The van der Waals surface area contributed by atoms with Crippen molar-refractivity contribution in [1.82, 2.24) is 4.90 Å². The average Bonchev–Trinajstić information content (AvgIpc) is 2.46. The van der Waals surface area contributed by atoms with Gasteiger partial charge in [0.1, 0.15) is 0 Å². The molecule has 1 fully saturated rings. The van der Waals surface area contributed by atoms with E-state index in [2.05, 4.69) is 0 Å². The van der Waals surface area contributed by atoms with Gasteiger partial charge >= 0.3 is 0 Å². The summed E-state index contributed by atoms with van der Waals surface area (Å²) in [7, 11) is 3.87. The SMILES string of the molecule is CCOC1CCCN(C(=O)c2ccc(N(C)C)c(N)c2)C1. The van der Waals surface area contributed by atoms with Crippen molar-refractivity contribution >= 4 is 17.3 Å². The Kier molecular flexibility index (Phi) is 5.07. The number of nitrogens with two attached hydrogens (primary N) is 1. The summed E-state index contributed by atoms with van der Waals surface area (Å²) in [5.41, 5.74) is 8.23. The van der Waals surface area contributed by atoms with E-state index in [9.17, 15) is 4.79 Å². The number of ether oxygens (including phenoxy) is 1. The molecule has 1 saturated heterocycles. The molecule has 5 nitrogen and oxygen atoms in total. The van der Waals surface area contributed by atoms with Gasteiger partial charge in [0, 0.05) is 39.4 Å². The quantitative estimate of drug-likeness (QED) is 0.862. The van der Waals surface area contributed by atoms with Gasteiger partial charge in [-0.3, -0.25) is 4.79 Å². The molecule has 0 aromatic heterocycles. The third-order valence-electron chi connectivity index (χ3n) is 3.82. The Morgan fingerprint density at radius 1 is 1.48 bits per heavy atom. The standard InChI is InChI=1S/C16H25N3O2/c1-4-21-13-6-5-9-19(11-13)16(20)12-7-8-15(18(2)3)14(17)10-12/h7-8,10,13H,4-6,9,11,17H2,1-3H3. The van der Waals surface area contributed by atoms with Crippen molar-refractivity contribution in [2.45, 2.75) is 25.9 Å². The smallest absolute Gasteiger partial charge is 0.254 e. The predicted molar refractivity (Wildman–Crippen MR) is 85.7 cm³/mol. The largest absolute Gasteiger partial charge is 0.397 e. The van der Waals surface area contributed by atoms with Crippen LogP contribution >= 0.6 is 0 Å². The van der Waals surface area contributed by atoms with E-state index in [0.717, 1.165) is 25.1 Å². The van der Waals surface area contributed by atoms with Crippen molar-refractivity contribution in [2.24, 2.45) is 0 Å². The number of amides is 1. The predicted octanol–water partition coefficient (Wildman–Crippen LogP) is 1.98. The number of piperidine rings is 1. The lowest BCUT2D eigenvalue weighted by molar-refractivity contribution is 0.00725. The van der Waals surface area contributed by atoms with Gasteiger partial charge in [-0.05, 0) is 38.0 Å². The Hall–Kier alpha value is -1.75. The minimum atomic E-state index is 0.0383. The van der Waals surface area contributed by atoms with Crippen molar-refractivity contribution in [2.75, 3.05) is 44.4 Å². The highest BCUT2D eigenvalue weighted by molar-refractivity contribution is 5.96. The zero-order valence-corrected chi connectivity index (χ0v) is 13.1. The fraction of sp³-hybridized carbons (Fsp3) is 0.562. The minimum absolute atomic E-state index is 0.0383. The molecule has 0 saturated carbocycles. The Morgan fingerprint density at radius 3 is 2.86 bits per heavy atom. The lowest BCUT2D eigenvalue weighted by Crippen LogP contribution is -2.43. The number of hydrogen-bond acceptors (Lipinski definition) is 4. The molecule has 2 rings (SSSR count). The molecule has 1 unspecified atom stereocenters. The molecule has 0 aliphatic carbocycles. The summed E-state index contributed by atoms with van der Waals surface area (Å²) in [5, 5.41) is 0. The summed E-state index contributed by atoms with van der Waals surface area (Å²) in [4.78, 5) is 16.4. The first-order valence-corrected chi connectivity index (χ1v) is 7.50. The number of carbonyl (C=O) groups excluding carboxylic acids is 1. The van der Waals surface area contributed by atoms with Crippen LogP contribution in [0.2, 0.25) is 0 Å². The van der Waals surface area contributed by atoms with Crippen molar-refractivity contribution < 1.29 is 9.53 Å². The first-order valence-electron chi connectivity index (χ1n) is 7.50. The molecule has 1 aliphatic heterocycles. The maximum absolute atomic E-state index is 12.6. The minimum Gasteiger partial charge on any atom is -0.397 e. The lowest BCUT2D eigenvalue weighted by Gasteiger charge is -2.32. The van der Waals surface area contributed by atoms with Crippen LogP contribution in [0.5, 0.6) is 0 Å². The Labute approximate surface area is 126 Å². The van der Waals surface area contributed by atoms with Crippen LogP contribution in [-0.4, -0.2) is 50.7 Å². The van der Waals surface area contributed by atoms with E-state index in [4.69, 9.17) is 10.5 Å². The summed E-state index contributed by atoms with van der Waals surface area (Å²) in [6.45, 7) is 4.14. The van der Waals surface area contributed by atoms with Crippen LogP contribution in [0.1, 0.15) is 30.1 Å². The number of anilines is 2. The Balaban J connectivity index is 2.10. The summed E-state index contributed by atoms with van der Waals surface area (Å²) in [5.74, 6) is 0.0383. The number of benzene rings is 1. The summed E-state index contributed by atoms with van der Waals surface area (Å²) in [6, 6.07) is 5.51. The maximum Gasteiger partial charge on any atom is 0.254 e. The van der Waals surface area contributed by atoms with E-state index in [-0.39, 0.29) is 12.0 Å². The van der Waals surface area contributed by atoms with Crippen molar-refractivity contribution in [3.8, 4) is 0 Å². The van der Waals surface area contributed by atoms with Crippen molar-refractivity contribution in [3.05, 3.63) is 23.8 Å². The molecule has 1 heterocycles. The molecule has 2 N–H and O–H groups in total. The molecule has 0 bridgehead atoms. The Morgan fingerprint density at radius 2 is 2.24 bits per heavy atom. The molecule has 0 spiro atoms. The normalized spacial score (nSPS) is 18.6. The van der Waals surface area contributed by atoms with Crippen LogP contribution in [-0.2, 0) is 4.74 Å². The van der Waals surface area contributed by atoms with E-state index in [1.165, 1.54) is 0 Å². The molecule has 1 aromatic rings. The third kappa shape index (κ3) is 3.67. The van der Waals surface area contributed by atoms with Crippen LogP contribution in [0.4, 0.5) is 11.4 Å². The molecular weight excluding hydrogens is 266 g/mol. The molecule has 5 heteroatoms. The molecule has 1 amide bonds. The van der Waals surface area contributed by atoms with E-state index in [0.29, 0.717) is 24.4 Å². The highest BCUT2D eigenvalue weighted by Gasteiger charge is 2.25. The average molecular weight is 291 g/mol. The molecule has 0 radical (unpaired) electrons. The molecule has 116 valence electrons. The van der Waals surface area contributed by atoms with Gasteiger partial charge in [0.25, 0.3) is 5.91 Å². The van der Waals surface area contributed by atoms with E-state index in [1.54, 1.807) is 6.07 Å². The highest BCUT2D eigenvalue weighted by atomic mass is 16.5. The fourth-order valence-electron chi connectivity index (χ4n) is 2.77. The number of rotatable bonds is 4. The fourth-order valence-corrected chi connectivity index (χ4v) is 2.77. The second-order valence-corrected chi connectivity index (χ2v) is 5.64. The zero-order chi connectivity index (χ0) is 15.4. The van der Waals surface area contributed by atoms with Gasteiger partial charge in [0.2, 0.25) is 0 Å². The van der Waals surface area contributed by atoms with Gasteiger partial charge in [-0.1, -0.05) is 0 Å². The summed E-state index contributed by atoms with van der Waals surface area (Å²) < 4.78 is 5.65. The van der Waals surface area contributed by atoms with Crippen molar-refractivity contribution in [1.29, 1.82) is 0 Å². The van der Waals surface area contributed by atoms with E-state index < -0.39 is 0 Å². The monoisotopic (exact) mass is 291 g/mol. The maximum atomic E-state index is 12.6. The second-order valence-electron chi connectivity index (χ2n) is 5.64. The molecule has 1 aliphatic rings. The number of likely N-dealkylation sites (tertiary alicyclic amines) is 1. The van der Waals surface area contributed by atoms with Crippen LogP contribution in [0.15, 0.2) is 18.2 Å². The zero-order valence-electron chi connectivity index (χ0n) is 13.1. The van der Waals surface area contributed by atoms with E-state index >= 15 is 0 Å². The van der Waals surface area contributed by atoms with E-state index in [1.807, 2.05) is 43.0 Å². The van der Waals surface area contributed by atoms with Crippen LogP contribution in [0, 0.1) is 0 Å². The van der Waals surface area contributed by atoms with Gasteiger partial charge < -0.3 is 20.3 Å². The first-order chi connectivity index (χ1) is 10.0. The van der Waals surface area contributed by atoms with Crippen molar-refractivity contribution in [3.63, 3.8) is 0 Å². The van der Waals surface area contributed by atoms with Crippen LogP contribution < -0.4 is 10.6 Å². The van der Waals surface area contributed by atoms with Gasteiger partial charge in [-0.25, -0.2) is 0 Å². The summed E-state index contributed by atoms with van der Waals surface area (Å²) >= 11 is 0. The topological polar surface area (TPSA) is 58.8 Å². The molecular formula is C16H25N3O2. The number of nitrogen functional groups attached to an aromatic ring is 1. The molecule has 1 atom stereocenters. The number of hydrogen-bond donors (Lipinski definition) is 1. The van der Waals surface area contributed by atoms with Crippen LogP contribution in [0.25, 0.3) is 0 Å². The number of carbonyl (C=O) groups is 1.